The van der Waals surface area contributed by atoms with E-state index in [1.54, 1.807) is 7.11 Å². The van der Waals surface area contributed by atoms with Crippen LogP contribution in [0.3, 0.4) is 0 Å². The lowest BCUT2D eigenvalue weighted by Gasteiger charge is -2.19. The molecule has 0 radical (unpaired) electrons. The van der Waals surface area contributed by atoms with E-state index >= 15 is 0 Å². The molecule has 21 heavy (non-hydrogen) atoms. The zero-order valence-corrected chi connectivity index (χ0v) is 14.1. The van der Waals surface area contributed by atoms with Crippen LogP contribution in [0, 0.1) is 0 Å². The summed E-state index contributed by atoms with van der Waals surface area (Å²) in [6, 6.07) is 14.2. The van der Waals surface area contributed by atoms with Crippen LogP contribution in [0.5, 0.6) is 11.5 Å². The fraction of sp³-hybridized carbons (Fsp3) is 0.294. The first-order valence-corrected chi connectivity index (χ1v) is 7.76. The molecular formula is C17H20BrNO2. The van der Waals surface area contributed by atoms with Gasteiger partial charge in [-0.2, -0.15) is 0 Å². The molecule has 1 unspecified atom stereocenters. The van der Waals surface area contributed by atoms with Crippen LogP contribution in [0.15, 0.2) is 46.9 Å². The van der Waals surface area contributed by atoms with Crippen molar-refractivity contribution in [3.05, 3.63) is 52.5 Å². The van der Waals surface area contributed by atoms with Crippen molar-refractivity contribution >= 4 is 21.6 Å². The fourth-order valence-electron chi connectivity index (χ4n) is 2.14. The molecule has 0 saturated carbocycles. The maximum absolute atomic E-state index is 5.64. The van der Waals surface area contributed by atoms with Gasteiger partial charge in [-0.15, -0.1) is 0 Å². The molecule has 2 aromatic rings. The number of rotatable bonds is 6. The minimum absolute atomic E-state index is 0.161. The number of anilines is 1. The van der Waals surface area contributed by atoms with E-state index in [0.717, 1.165) is 21.7 Å². The van der Waals surface area contributed by atoms with Gasteiger partial charge in [0.25, 0.3) is 0 Å². The summed E-state index contributed by atoms with van der Waals surface area (Å²) in [5.41, 5.74) is 2.17. The van der Waals surface area contributed by atoms with Crippen molar-refractivity contribution in [3.8, 4) is 11.5 Å². The first kappa shape index (κ1) is 15.7. The number of hydrogen-bond acceptors (Lipinski definition) is 3. The number of para-hydroxylation sites is 2. The Morgan fingerprint density at radius 2 is 1.90 bits per heavy atom. The van der Waals surface area contributed by atoms with Gasteiger partial charge in [-0.25, -0.2) is 0 Å². The van der Waals surface area contributed by atoms with Gasteiger partial charge >= 0.3 is 0 Å². The van der Waals surface area contributed by atoms with Crippen LogP contribution < -0.4 is 14.8 Å². The van der Waals surface area contributed by atoms with Gasteiger partial charge in [0.1, 0.15) is 11.5 Å². The minimum atomic E-state index is 0.161. The van der Waals surface area contributed by atoms with Gasteiger partial charge in [0.2, 0.25) is 0 Å². The van der Waals surface area contributed by atoms with E-state index in [0.29, 0.717) is 6.61 Å². The van der Waals surface area contributed by atoms with E-state index in [-0.39, 0.29) is 6.04 Å². The largest absolute Gasteiger partial charge is 0.496 e. The molecular weight excluding hydrogens is 330 g/mol. The Bertz CT molecular complexity index is 601. The summed E-state index contributed by atoms with van der Waals surface area (Å²) < 4.78 is 11.9. The van der Waals surface area contributed by atoms with Crippen LogP contribution in [-0.2, 0) is 0 Å². The minimum Gasteiger partial charge on any atom is -0.496 e. The van der Waals surface area contributed by atoms with E-state index in [2.05, 4.69) is 40.3 Å². The summed E-state index contributed by atoms with van der Waals surface area (Å²) in [5.74, 6) is 1.71. The normalized spacial score (nSPS) is 11.8. The predicted molar refractivity (Wildman–Crippen MR) is 90.3 cm³/mol. The monoisotopic (exact) mass is 349 g/mol. The average molecular weight is 350 g/mol. The van der Waals surface area contributed by atoms with Gasteiger partial charge < -0.3 is 14.8 Å². The Morgan fingerprint density at radius 1 is 1.14 bits per heavy atom. The SMILES string of the molecule is CCOc1ccccc1NC(C)c1ccc(OC)c(Br)c1. The van der Waals surface area contributed by atoms with Crippen molar-refractivity contribution in [1.82, 2.24) is 0 Å². The maximum atomic E-state index is 5.64. The Labute approximate surface area is 134 Å². The zero-order valence-electron chi connectivity index (χ0n) is 12.5. The summed E-state index contributed by atoms with van der Waals surface area (Å²) in [5, 5.41) is 3.49. The van der Waals surface area contributed by atoms with E-state index in [1.165, 1.54) is 5.56 Å². The number of benzene rings is 2. The van der Waals surface area contributed by atoms with Gasteiger partial charge in [-0.05, 0) is 59.6 Å². The third-order valence-corrected chi connectivity index (χ3v) is 3.85. The number of methoxy groups -OCH3 is 1. The standard InChI is InChI=1S/C17H20BrNO2/c1-4-21-17-8-6-5-7-15(17)19-12(2)13-9-10-16(20-3)14(18)11-13/h5-12,19H,4H2,1-3H3. The van der Waals surface area contributed by atoms with Crippen LogP contribution >= 0.6 is 15.9 Å². The molecule has 1 atom stereocenters. The molecule has 3 nitrogen and oxygen atoms in total. The smallest absolute Gasteiger partial charge is 0.142 e. The van der Waals surface area contributed by atoms with Crippen molar-refractivity contribution in [2.75, 3.05) is 19.0 Å². The van der Waals surface area contributed by atoms with Crippen LogP contribution in [0.1, 0.15) is 25.5 Å². The molecule has 0 bridgehead atoms. The van der Waals surface area contributed by atoms with Crippen molar-refractivity contribution in [2.45, 2.75) is 19.9 Å². The Morgan fingerprint density at radius 3 is 2.57 bits per heavy atom. The van der Waals surface area contributed by atoms with Crippen molar-refractivity contribution < 1.29 is 9.47 Å². The van der Waals surface area contributed by atoms with Crippen molar-refractivity contribution in [1.29, 1.82) is 0 Å². The molecule has 0 saturated heterocycles. The second-order valence-corrected chi connectivity index (χ2v) is 5.54. The Kier molecular flexibility index (Phi) is 5.51. The lowest BCUT2D eigenvalue weighted by atomic mass is 10.1. The van der Waals surface area contributed by atoms with E-state index in [1.807, 2.05) is 37.3 Å². The van der Waals surface area contributed by atoms with Crippen molar-refractivity contribution in [2.24, 2.45) is 0 Å². The molecule has 0 spiro atoms. The molecule has 4 heteroatoms. The van der Waals surface area contributed by atoms with Crippen molar-refractivity contribution in [3.63, 3.8) is 0 Å². The number of hydrogen-bond donors (Lipinski definition) is 1. The highest BCUT2D eigenvalue weighted by molar-refractivity contribution is 9.10. The molecule has 0 aliphatic rings. The molecule has 0 heterocycles. The third kappa shape index (κ3) is 3.91. The molecule has 0 aliphatic heterocycles. The molecule has 1 N–H and O–H groups in total. The first-order chi connectivity index (χ1) is 10.2. The molecule has 0 aliphatic carbocycles. The molecule has 2 aromatic carbocycles. The summed E-state index contributed by atoms with van der Waals surface area (Å²) >= 11 is 3.52. The van der Waals surface area contributed by atoms with Crippen LogP contribution in [0.2, 0.25) is 0 Å². The molecule has 0 fully saturated rings. The van der Waals surface area contributed by atoms with Gasteiger partial charge in [-0.3, -0.25) is 0 Å². The van der Waals surface area contributed by atoms with E-state index < -0.39 is 0 Å². The van der Waals surface area contributed by atoms with Crippen LogP contribution in [0.4, 0.5) is 5.69 Å². The molecule has 0 amide bonds. The summed E-state index contributed by atoms with van der Waals surface area (Å²) in [4.78, 5) is 0. The van der Waals surface area contributed by atoms with Gasteiger partial charge in [0.05, 0.1) is 23.9 Å². The van der Waals surface area contributed by atoms with E-state index in [4.69, 9.17) is 9.47 Å². The van der Waals surface area contributed by atoms with Gasteiger partial charge in [0, 0.05) is 6.04 Å². The van der Waals surface area contributed by atoms with Crippen LogP contribution in [0.25, 0.3) is 0 Å². The van der Waals surface area contributed by atoms with E-state index in [9.17, 15) is 0 Å². The summed E-state index contributed by atoms with van der Waals surface area (Å²) in [6.07, 6.45) is 0. The van der Waals surface area contributed by atoms with Crippen LogP contribution in [-0.4, -0.2) is 13.7 Å². The average Bonchev–Trinajstić information content (AvgIpc) is 2.49. The molecule has 2 rings (SSSR count). The predicted octanol–water partition coefficient (Wildman–Crippen LogP) is 5.03. The first-order valence-electron chi connectivity index (χ1n) is 6.97. The second kappa shape index (κ2) is 7.36. The zero-order chi connectivity index (χ0) is 15.2. The quantitative estimate of drug-likeness (QED) is 0.793. The molecule has 0 aromatic heterocycles. The number of nitrogens with one attached hydrogen (secondary N) is 1. The topological polar surface area (TPSA) is 30.5 Å². The molecule has 112 valence electrons. The van der Waals surface area contributed by atoms with Gasteiger partial charge in [-0.1, -0.05) is 18.2 Å². The third-order valence-electron chi connectivity index (χ3n) is 3.23. The highest BCUT2D eigenvalue weighted by atomic mass is 79.9. The maximum Gasteiger partial charge on any atom is 0.142 e. The lowest BCUT2D eigenvalue weighted by molar-refractivity contribution is 0.341. The number of ether oxygens (including phenoxy) is 2. The lowest BCUT2D eigenvalue weighted by Crippen LogP contribution is -2.08. The Hall–Kier alpha value is -1.68. The highest BCUT2D eigenvalue weighted by Gasteiger charge is 2.10. The Balaban J connectivity index is 2.18. The fourth-order valence-corrected chi connectivity index (χ4v) is 2.69. The second-order valence-electron chi connectivity index (χ2n) is 4.69. The highest BCUT2D eigenvalue weighted by Crippen LogP contribution is 2.31. The number of halogens is 1. The summed E-state index contributed by atoms with van der Waals surface area (Å²) in [6.45, 7) is 4.76. The van der Waals surface area contributed by atoms with Gasteiger partial charge in [0.15, 0.2) is 0 Å². The summed E-state index contributed by atoms with van der Waals surface area (Å²) in [7, 11) is 1.67.